The number of rotatable bonds is 6. The molecule has 3 rings (SSSR count). The van der Waals surface area contributed by atoms with Crippen LogP contribution in [0, 0.1) is 0 Å². The molecule has 0 fully saturated rings. The molecule has 1 heterocycles. The number of carbonyl (C=O) groups is 2. The molecular formula is C21H22N2O5. The van der Waals surface area contributed by atoms with Gasteiger partial charge in [0.1, 0.15) is 5.75 Å². The fraction of sp³-hybridized carbons (Fsp3) is 0.238. The predicted octanol–water partition coefficient (Wildman–Crippen LogP) is 3.40. The van der Waals surface area contributed by atoms with Crippen LogP contribution < -0.4 is 24.8 Å². The minimum absolute atomic E-state index is 0.232. The van der Waals surface area contributed by atoms with Gasteiger partial charge in [0.2, 0.25) is 0 Å². The molecule has 0 aliphatic carbocycles. The molecule has 7 nitrogen and oxygen atoms in total. The third-order valence-electron chi connectivity index (χ3n) is 4.35. The van der Waals surface area contributed by atoms with Gasteiger partial charge in [0, 0.05) is 16.8 Å². The number of hydrogen-bond acceptors (Lipinski definition) is 5. The van der Waals surface area contributed by atoms with E-state index in [0.29, 0.717) is 40.6 Å². The highest BCUT2D eigenvalue weighted by atomic mass is 16.5. The van der Waals surface area contributed by atoms with E-state index in [1.54, 1.807) is 50.4 Å². The maximum absolute atomic E-state index is 12.8. The summed E-state index contributed by atoms with van der Waals surface area (Å²) in [5.41, 5.74) is 2.26. The molecule has 1 unspecified atom stereocenters. The highest BCUT2D eigenvalue weighted by Gasteiger charge is 2.24. The van der Waals surface area contributed by atoms with Gasteiger partial charge in [0.25, 0.3) is 11.8 Å². The number of ether oxygens (including phenoxy) is 3. The first-order valence-corrected chi connectivity index (χ1v) is 8.75. The molecule has 1 aliphatic heterocycles. The molecule has 2 aromatic rings. The van der Waals surface area contributed by atoms with Gasteiger partial charge in [-0.1, -0.05) is 6.08 Å². The van der Waals surface area contributed by atoms with Gasteiger partial charge in [0.05, 0.1) is 19.9 Å². The fourth-order valence-electron chi connectivity index (χ4n) is 2.97. The predicted molar refractivity (Wildman–Crippen MR) is 107 cm³/mol. The second-order valence-corrected chi connectivity index (χ2v) is 6.28. The van der Waals surface area contributed by atoms with Crippen molar-refractivity contribution in [3.8, 4) is 17.2 Å². The standard InChI is InChI=1S/C21H22N2O5/c1-5-6-13-9-14(10-18(26-3)19(13)27-4)21(25)22-15-7-8-17-16(11-15)23-20(24)12(2)28-17/h5,7-12H,1,6H2,2-4H3,(H,22,25)(H,23,24). The average Bonchev–Trinajstić information content (AvgIpc) is 2.68. The number of anilines is 2. The molecule has 1 atom stereocenters. The van der Waals surface area contributed by atoms with Crippen LogP contribution in [0.15, 0.2) is 43.0 Å². The first-order chi connectivity index (χ1) is 13.5. The van der Waals surface area contributed by atoms with Crippen molar-refractivity contribution < 1.29 is 23.8 Å². The van der Waals surface area contributed by atoms with E-state index in [1.165, 1.54) is 7.11 Å². The summed E-state index contributed by atoms with van der Waals surface area (Å²) in [4.78, 5) is 24.6. The third kappa shape index (κ3) is 3.78. The van der Waals surface area contributed by atoms with Gasteiger partial charge in [-0.25, -0.2) is 0 Å². The lowest BCUT2D eigenvalue weighted by molar-refractivity contribution is -0.122. The SMILES string of the molecule is C=CCc1cc(C(=O)Nc2ccc3c(c2)NC(=O)C(C)O3)cc(OC)c1OC. The second kappa shape index (κ2) is 8.04. The normalized spacial score (nSPS) is 15.0. The molecule has 0 bridgehead atoms. The molecule has 0 aromatic heterocycles. The molecule has 0 saturated carbocycles. The summed E-state index contributed by atoms with van der Waals surface area (Å²) in [5.74, 6) is 1.05. The van der Waals surface area contributed by atoms with Crippen LogP contribution in [0.5, 0.6) is 17.2 Å². The van der Waals surface area contributed by atoms with Crippen LogP contribution in [0.25, 0.3) is 0 Å². The lowest BCUT2D eigenvalue weighted by atomic mass is 10.0. The van der Waals surface area contributed by atoms with Crippen LogP contribution in [0.2, 0.25) is 0 Å². The van der Waals surface area contributed by atoms with E-state index in [1.807, 2.05) is 0 Å². The first-order valence-electron chi connectivity index (χ1n) is 8.75. The zero-order chi connectivity index (χ0) is 20.3. The van der Waals surface area contributed by atoms with E-state index in [2.05, 4.69) is 17.2 Å². The molecule has 146 valence electrons. The van der Waals surface area contributed by atoms with Crippen molar-refractivity contribution in [3.05, 3.63) is 54.1 Å². The van der Waals surface area contributed by atoms with Crippen LogP contribution in [0.3, 0.4) is 0 Å². The van der Waals surface area contributed by atoms with E-state index >= 15 is 0 Å². The number of fused-ring (bicyclic) bond motifs is 1. The summed E-state index contributed by atoms with van der Waals surface area (Å²) in [6.45, 7) is 5.41. The fourth-order valence-corrected chi connectivity index (χ4v) is 2.97. The highest BCUT2D eigenvalue weighted by Crippen LogP contribution is 2.35. The topological polar surface area (TPSA) is 85.9 Å². The number of allylic oxidation sites excluding steroid dienone is 1. The van der Waals surface area contributed by atoms with Gasteiger partial charge in [0.15, 0.2) is 17.6 Å². The summed E-state index contributed by atoms with van der Waals surface area (Å²) >= 11 is 0. The van der Waals surface area contributed by atoms with Crippen LogP contribution in [-0.4, -0.2) is 32.1 Å². The number of amides is 2. The van der Waals surface area contributed by atoms with Crippen molar-refractivity contribution in [1.29, 1.82) is 0 Å². The molecule has 0 radical (unpaired) electrons. The second-order valence-electron chi connectivity index (χ2n) is 6.28. The number of benzene rings is 2. The Hall–Kier alpha value is -3.48. The molecule has 2 amide bonds. The third-order valence-corrected chi connectivity index (χ3v) is 4.35. The summed E-state index contributed by atoms with van der Waals surface area (Å²) < 4.78 is 16.3. The molecule has 1 aliphatic rings. The highest BCUT2D eigenvalue weighted by molar-refractivity contribution is 6.06. The largest absolute Gasteiger partial charge is 0.493 e. The molecule has 0 saturated heterocycles. The monoisotopic (exact) mass is 382 g/mol. The Balaban J connectivity index is 1.87. The summed E-state index contributed by atoms with van der Waals surface area (Å²) in [6.07, 6.45) is 1.70. The molecule has 28 heavy (non-hydrogen) atoms. The lowest BCUT2D eigenvalue weighted by Gasteiger charge is -2.23. The number of carbonyl (C=O) groups excluding carboxylic acids is 2. The van der Waals surface area contributed by atoms with E-state index in [-0.39, 0.29) is 11.8 Å². The Bertz CT molecular complexity index is 939. The zero-order valence-corrected chi connectivity index (χ0v) is 16.0. The van der Waals surface area contributed by atoms with Crippen LogP contribution in [0.4, 0.5) is 11.4 Å². The van der Waals surface area contributed by atoms with Crippen molar-refractivity contribution in [1.82, 2.24) is 0 Å². The van der Waals surface area contributed by atoms with Crippen molar-refractivity contribution in [2.24, 2.45) is 0 Å². The van der Waals surface area contributed by atoms with Crippen LogP contribution in [-0.2, 0) is 11.2 Å². The number of methoxy groups -OCH3 is 2. The Morgan fingerprint density at radius 1 is 1.29 bits per heavy atom. The van der Waals surface area contributed by atoms with Crippen molar-refractivity contribution in [3.63, 3.8) is 0 Å². The Kier molecular flexibility index (Phi) is 5.54. The van der Waals surface area contributed by atoms with E-state index < -0.39 is 6.10 Å². The van der Waals surface area contributed by atoms with Gasteiger partial charge in [-0.3, -0.25) is 9.59 Å². The van der Waals surface area contributed by atoms with Gasteiger partial charge >= 0.3 is 0 Å². The van der Waals surface area contributed by atoms with Crippen LogP contribution in [0.1, 0.15) is 22.8 Å². The van der Waals surface area contributed by atoms with Crippen molar-refractivity contribution in [2.45, 2.75) is 19.4 Å². The number of hydrogen-bond donors (Lipinski definition) is 2. The van der Waals surface area contributed by atoms with Crippen LogP contribution >= 0.6 is 0 Å². The quantitative estimate of drug-likeness (QED) is 0.748. The molecular weight excluding hydrogens is 360 g/mol. The van der Waals surface area contributed by atoms with Crippen molar-refractivity contribution in [2.75, 3.05) is 24.9 Å². The maximum Gasteiger partial charge on any atom is 0.265 e. The van der Waals surface area contributed by atoms with Gasteiger partial charge in [-0.2, -0.15) is 0 Å². The first kappa shape index (κ1) is 19.3. The van der Waals surface area contributed by atoms with E-state index in [0.717, 1.165) is 5.56 Å². The molecule has 2 N–H and O–H groups in total. The summed E-state index contributed by atoms with van der Waals surface area (Å²) in [6, 6.07) is 8.43. The van der Waals surface area contributed by atoms with Gasteiger partial charge in [-0.15, -0.1) is 6.58 Å². The van der Waals surface area contributed by atoms with Gasteiger partial charge in [-0.05, 0) is 43.7 Å². The average molecular weight is 382 g/mol. The van der Waals surface area contributed by atoms with Crippen molar-refractivity contribution >= 4 is 23.2 Å². The maximum atomic E-state index is 12.8. The van der Waals surface area contributed by atoms with E-state index in [9.17, 15) is 9.59 Å². The smallest absolute Gasteiger partial charge is 0.265 e. The molecule has 7 heteroatoms. The molecule has 2 aromatic carbocycles. The lowest BCUT2D eigenvalue weighted by Crippen LogP contribution is -2.34. The summed E-state index contributed by atoms with van der Waals surface area (Å²) in [5, 5.41) is 5.58. The number of nitrogens with one attached hydrogen (secondary N) is 2. The minimum Gasteiger partial charge on any atom is -0.493 e. The zero-order valence-electron chi connectivity index (χ0n) is 16.0. The Morgan fingerprint density at radius 2 is 2.07 bits per heavy atom. The van der Waals surface area contributed by atoms with Gasteiger partial charge < -0.3 is 24.8 Å². The minimum atomic E-state index is -0.553. The Labute approximate surface area is 163 Å². The Morgan fingerprint density at radius 3 is 2.75 bits per heavy atom. The summed E-state index contributed by atoms with van der Waals surface area (Å²) in [7, 11) is 3.07. The van der Waals surface area contributed by atoms with E-state index in [4.69, 9.17) is 14.2 Å². The molecule has 0 spiro atoms.